The van der Waals surface area contributed by atoms with Crippen LogP contribution >= 0.6 is 0 Å². The van der Waals surface area contributed by atoms with Gasteiger partial charge in [-0.05, 0) is 54.0 Å². The predicted molar refractivity (Wildman–Crippen MR) is 137 cm³/mol. The SMILES string of the molecule is Cc1ccc(/C(N)=N/N=NCC2CC2(F)F)cc1NC=O.Cc1cnn2ccc(-c3cn[nH]c3)cc12.NF. The van der Waals surface area contributed by atoms with Crippen LogP contribution in [0.1, 0.15) is 23.1 Å². The van der Waals surface area contributed by atoms with Crippen LogP contribution in [-0.4, -0.2) is 44.5 Å². The highest BCUT2D eigenvalue weighted by molar-refractivity contribution is 5.98. The van der Waals surface area contributed by atoms with Gasteiger partial charge in [0.25, 0.3) is 5.92 Å². The molecule has 14 heteroatoms. The molecule has 0 spiro atoms. The number of H-pyrrole nitrogens is 1. The van der Waals surface area contributed by atoms with Gasteiger partial charge in [-0.1, -0.05) is 12.1 Å². The van der Waals surface area contributed by atoms with Crippen molar-refractivity contribution in [2.45, 2.75) is 26.2 Å². The Hall–Kier alpha value is -4.59. The number of hydrogen-bond acceptors (Lipinski definition) is 6. The Kier molecular flexibility index (Phi) is 9.27. The van der Waals surface area contributed by atoms with Gasteiger partial charge < -0.3 is 11.1 Å². The van der Waals surface area contributed by atoms with Gasteiger partial charge in [0.15, 0.2) is 5.84 Å². The van der Waals surface area contributed by atoms with Crippen molar-refractivity contribution in [3.63, 3.8) is 0 Å². The number of alkyl halides is 2. The average Bonchev–Trinajstić information content (AvgIpc) is 3.29. The number of nitrogens with zero attached hydrogens (tertiary/aromatic N) is 6. The molecule has 3 heterocycles. The molecule has 1 aliphatic carbocycles. The highest BCUT2D eigenvalue weighted by atomic mass is 19.3. The fraction of sp³-hybridized carbons (Fsp3) is 0.250. The second kappa shape index (κ2) is 12.6. The van der Waals surface area contributed by atoms with Crippen LogP contribution in [0.15, 0.2) is 70.6 Å². The maximum absolute atomic E-state index is 12.6. The summed E-state index contributed by atoms with van der Waals surface area (Å²) in [5.41, 5.74) is 12.3. The Morgan fingerprint density at radius 1 is 1.21 bits per heavy atom. The molecule has 0 radical (unpaired) electrons. The Morgan fingerprint density at radius 3 is 2.63 bits per heavy atom. The molecule has 1 saturated carbocycles. The molecule has 1 atom stereocenters. The van der Waals surface area contributed by atoms with Gasteiger partial charge in [0, 0.05) is 41.5 Å². The Labute approximate surface area is 215 Å². The largest absolute Gasteiger partial charge is 0.382 e. The van der Waals surface area contributed by atoms with E-state index < -0.39 is 11.8 Å². The van der Waals surface area contributed by atoms with Gasteiger partial charge in [0.2, 0.25) is 6.41 Å². The molecule has 1 aromatic carbocycles. The molecule has 3 aromatic heterocycles. The summed E-state index contributed by atoms with van der Waals surface area (Å²) in [4.78, 5) is 10.5. The number of carbonyl (C=O) groups is 1. The van der Waals surface area contributed by atoms with Crippen LogP contribution in [0.25, 0.3) is 16.6 Å². The molecule has 0 bridgehead atoms. The van der Waals surface area contributed by atoms with Crippen LogP contribution in [0.2, 0.25) is 0 Å². The summed E-state index contributed by atoms with van der Waals surface area (Å²) in [6.45, 7) is 3.83. The lowest BCUT2D eigenvalue weighted by atomic mass is 10.1. The van der Waals surface area contributed by atoms with Crippen LogP contribution < -0.4 is 17.0 Å². The van der Waals surface area contributed by atoms with Crippen molar-refractivity contribution < 1.29 is 18.1 Å². The van der Waals surface area contributed by atoms with Crippen molar-refractivity contribution >= 4 is 23.4 Å². The van der Waals surface area contributed by atoms with E-state index in [1.807, 2.05) is 42.3 Å². The smallest absolute Gasteiger partial charge is 0.253 e. The first kappa shape index (κ1) is 28.0. The van der Waals surface area contributed by atoms with Crippen LogP contribution in [0.4, 0.5) is 18.9 Å². The van der Waals surface area contributed by atoms with E-state index in [0.29, 0.717) is 17.7 Å². The molecule has 1 unspecified atom stereocenters. The van der Waals surface area contributed by atoms with Crippen molar-refractivity contribution in [2.24, 2.45) is 33.0 Å². The van der Waals surface area contributed by atoms with Crippen molar-refractivity contribution in [3.05, 3.63) is 71.8 Å². The van der Waals surface area contributed by atoms with Gasteiger partial charge in [-0.15, -0.1) is 9.58 Å². The Balaban J connectivity index is 0.000000206. The van der Waals surface area contributed by atoms with E-state index in [0.717, 1.165) is 22.2 Å². The maximum Gasteiger partial charge on any atom is 0.253 e. The van der Waals surface area contributed by atoms with Crippen LogP contribution in [0.5, 0.6) is 0 Å². The van der Waals surface area contributed by atoms with E-state index in [4.69, 9.17) is 10.2 Å². The molecule has 1 aliphatic rings. The number of aromatic amines is 1. The number of rotatable bonds is 7. The molecule has 0 aliphatic heterocycles. The van der Waals surface area contributed by atoms with E-state index in [-0.39, 0.29) is 18.8 Å². The molecule has 5 rings (SSSR count). The van der Waals surface area contributed by atoms with Gasteiger partial charge >= 0.3 is 0 Å². The number of aromatic nitrogens is 4. The summed E-state index contributed by atoms with van der Waals surface area (Å²) < 4.78 is 36.1. The number of fused-ring (bicyclic) bond motifs is 1. The topological polar surface area (TPSA) is 164 Å². The number of amidine groups is 1. The molecular weight excluding hydrogens is 501 g/mol. The fourth-order valence-electron chi connectivity index (χ4n) is 3.43. The minimum Gasteiger partial charge on any atom is -0.382 e. The van der Waals surface area contributed by atoms with E-state index in [1.54, 1.807) is 18.2 Å². The van der Waals surface area contributed by atoms with Crippen molar-refractivity contribution in [2.75, 3.05) is 11.9 Å². The molecule has 11 nitrogen and oxygen atoms in total. The normalized spacial score (nSPS) is 15.8. The standard InChI is InChI=1S/C13H15F2N5O.C11H10N4.FH2N/c1-8-2-3-9(4-11(8)17-7-21)12(16)19-20-18-6-10-5-13(10,14)15;1-8-5-14-15-3-2-9(4-11(8)15)10-6-12-13-7-10;1-2/h2-4,7,10H,5-6H2,1H3,(H,17,21)(H2,16,18,19);2-7H,1H3,(H,12,13);2H2. The zero-order chi connectivity index (χ0) is 27.7. The second-order valence-electron chi connectivity index (χ2n) is 8.41. The molecule has 0 saturated heterocycles. The lowest BCUT2D eigenvalue weighted by Crippen LogP contribution is -2.13. The lowest BCUT2D eigenvalue weighted by Gasteiger charge is -2.06. The second-order valence-corrected chi connectivity index (χ2v) is 8.41. The van der Waals surface area contributed by atoms with Gasteiger partial charge in [-0.2, -0.15) is 21.3 Å². The minimum atomic E-state index is -2.61. The zero-order valence-corrected chi connectivity index (χ0v) is 20.6. The summed E-state index contributed by atoms with van der Waals surface area (Å²) in [6.07, 6.45) is 7.95. The molecule has 1 amide bonds. The molecule has 38 heavy (non-hydrogen) atoms. The number of aryl methyl sites for hydroxylation is 2. The van der Waals surface area contributed by atoms with E-state index >= 15 is 0 Å². The summed E-state index contributed by atoms with van der Waals surface area (Å²) in [5.74, 6) is -0.253. The maximum atomic E-state index is 12.6. The first-order valence-electron chi connectivity index (χ1n) is 11.3. The number of pyridine rings is 1. The number of nitrogens with one attached hydrogen (secondary N) is 2. The quantitative estimate of drug-likeness (QED) is 0.0705. The van der Waals surface area contributed by atoms with Gasteiger partial charge in [-0.25, -0.2) is 13.3 Å². The molecular formula is C24H27F3N10O. The zero-order valence-electron chi connectivity index (χ0n) is 20.6. The highest BCUT2D eigenvalue weighted by Gasteiger charge is 2.56. The third-order valence-corrected chi connectivity index (χ3v) is 5.77. The summed E-state index contributed by atoms with van der Waals surface area (Å²) in [5, 5.41) is 24.2. The van der Waals surface area contributed by atoms with Crippen LogP contribution in [0, 0.1) is 19.8 Å². The van der Waals surface area contributed by atoms with Crippen molar-refractivity contribution in [1.82, 2.24) is 19.8 Å². The van der Waals surface area contributed by atoms with Gasteiger partial charge in [0.1, 0.15) is 0 Å². The molecule has 4 aromatic rings. The monoisotopic (exact) mass is 528 g/mol. The third-order valence-electron chi connectivity index (χ3n) is 5.77. The lowest BCUT2D eigenvalue weighted by molar-refractivity contribution is -0.105. The number of halogens is 3. The van der Waals surface area contributed by atoms with Crippen molar-refractivity contribution in [1.29, 1.82) is 0 Å². The van der Waals surface area contributed by atoms with Gasteiger partial charge in [0.05, 0.1) is 24.5 Å². The molecule has 6 N–H and O–H groups in total. The molecule has 200 valence electrons. The number of carbonyl (C=O) groups excluding carboxylic acids is 1. The molecule has 1 fully saturated rings. The first-order chi connectivity index (χ1) is 18.3. The Bertz CT molecular complexity index is 1420. The van der Waals surface area contributed by atoms with E-state index in [1.165, 1.54) is 5.56 Å². The fourth-order valence-corrected chi connectivity index (χ4v) is 3.43. The number of anilines is 1. The van der Waals surface area contributed by atoms with Crippen LogP contribution in [0.3, 0.4) is 0 Å². The predicted octanol–water partition coefficient (Wildman–Crippen LogP) is 4.15. The van der Waals surface area contributed by atoms with E-state index in [9.17, 15) is 13.6 Å². The third kappa shape index (κ3) is 7.00. The number of amides is 1. The highest BCUT2D eigenvalue weighted by Crippen LogP contribution is 2.48. The Morgan fingerprint density at radius 2 is 1.97 bits per heavy atom. The number of nitrogens with two attached hydrogens (primary N) is 2. The number of hydrogen-bond donors (Lipinski definition) is 4. The summed E-state index contributed by atoms with van der Waals surface area (Å²) in [7, 11) is 0. The number of benzene rings is 1. The summed E-state index contributed by atoms with van der Waals surface area (Å²) in [6, 6.07) is 9.28. The van der Waals surface area contributed by atoms with E-state index in [2.05, 4.69) is 55.0 Å². The van der Waals surface area contributed by atoms with Crippen LogP contribution in [-0.2, 0) is 4.79 Å². The summed E-state index contributed by atoms with van der Waals surface area (Å²) >= 11 is 0. The first-order valence-corrected chi connectivity index (χ1v) is 11.3. The average molecular weight is 529 g/mol. The van der Waals surface area contributed by atoms with Gasteiger partial charge in [-0.3, -0.25) is 9.89 Å². The van der Waals surface area contributed by atoms with Crippen molar-refractivity contribution in [3.8, 4) is 11.1 Å². The minimum absolute atomic E-state index is 0.0599.